The summed E-state index contributed by atoms with van der Waals surface area (Å²) in [6, 6.07) is 29.0. The number of benzene rings is 4. The van der Waals surface area contributed by atoms with Gasteiger partial charge in [-0.1, -0.05) is 103 Å². The van der Waals surface area contributed by atoms with Crippen molar-refractivity contribution in [3.05, 3.63) is 142 Å². The van der Waals surface area contributed by atoms with E-state index in [1.807, 2.05) is 37.0 Å². The van der Waals surface area contributed by atoms with Crippen LogP contribution in [0.25, 0.3) is 21.8 Å². The second-order valence-electron chi connectivity index (χ2n) is 17.0. The molecule has 6 heteroatoms. The fourth-order valence-corrected chi connectivity index (χ4v) is 7.45. The van der Waals surface area contributed by atoms with E-state index in [4.69, 9.17) is 9.98 Å². The highest BCUT2D eigenvalue weighted by molar-refractivity contribution is 5.86. The zero-order chi connectivity index (χ0) is 38.0. The SMILES string of the molecule is CC(C)(C)c1cc(C=N[C@@H]2CCCC[C@H]2N=Cc2cc(C(C)(C)C)cc(Cc3ccc4cccnc4c3)c2O)c(O)c(Cc2ccc3cccnc3c2)c1. The van der Waals surface area contributed by atoms with Gasteiger partial charge in [0.05, 0.1) is 23.1 Å². The Hall–Kier alpha value is -5.36. The van der Waals surface area contributed by atoms with Gasteiger partial charge in [0.25, 0.3) is 0 Å². The number of hydrogen-bond donors (Lipinski definition) is 2. The Kier molecular flexibility index (Phi) is 10.4. The van der Waals surface area contributed by atoms with Crippen LogP contribution in [-0.4, -0.2) is 44.7 Å². The Morgan fingerprint density at radius 3 is 1.43 bits per heavy atom. The summed E-state index contributed by atoms with van der Waals surface area (Å²) >= 11 is 0. The Bertz CT molecular complexity index is 2200. The average Bonchev–Trinajstić information content (AvgIpc) is 3.14. The number of fused-ring (bicyclic) bond motifs is 2. The number of nitrogens with zero attached hydrogens (tertiary/aromatic N) is 4. The molecule has 0 saturated heterocycles. The fraction of sp³-hybridized carbons (Fsp3) is 0.333. The highest BCUT2D eigenvalue weighted by Crippen LogP contribution is 2.35. The number of aliphatic imine (C=N–C) groups is 2. The van der Waals surface area contributed by atoms with Crippen LogP contribution in [-0.2, 0) is 23.7 Å². The molecule has 0 aliphatic heterocycles. The van der Waals surface area contributed by atoms with Crippen LogP contribution in [0, 0.1) is 0 Å². The van der Waals surface area contributed by atoms with E-state index in [9.17, 15) is 10.2 Å². The van der Waals surface area contributed by atoms with Gasteiger partial charge < -0.3 is 10.2 Å². The summed E-state index contributed by atoms with van der Waals surface area (Å²) in [7, 11) is 0. The molecule has 1 aliphatic carbocycles. The van der Waals surface area contributed by atoms with Crippen molar-refractivity contribution in [3.8, 4) is 11.5 Å². The van der Waals surface area contributed by atoms with Gasteiger partial charge in [0, 0.05) is 59.6 Å². The van der Waals surface area contributed by atoms with Crippen LogP contribution >= 0.6 is 0 Å². The second kappa shape index (κ2) is 15.2. The molecule has 4 aromatic carbocycles. The molecule has 0 bridgehead atoms. The van der Waals surface area contributed by atoms with Gasteiger partial charge in [0.1, 0.15) is 11.5 Å². The van der Waals surface area contributed by atoms with Crippen LogP contribution in [0.4, 0.5) is 0 Å². The molecule has 0 amide bonds. The molecule has 7 rings (SSSR count). The van der Waals surface area contributed by atoms with E-state index in [1.54, 1.807) is 0 Å². The van der Waals surface area contributed by atoms with Gasteiger partial charge in [0.2, 0.25) is 0 Å². The normalized spacial score (nSPS) is 16.9. The van der Waals surface area contributed by atoms with E-state index in [1.165, 1.54) is 0 Å². The number of rotatable bonds is 8. The lowest BCUT2D eigenvalue weighted by atomic mass is 9.84. The minimum atomic E-state index is -0.110. The summed E-state index contributed by atoms with van der Waals surface area (Å²) in [4.78, 5) is 19.3. The lowest BCUT2D eigenvalue weighted by molar-refractivity contribution is 0.390. The van der Waals surface area contributed by atoms with Gasteiger partial charge in [0.15, 0.2) is 0 Å². The molecule has 0 radical (unpaired) electrons. The Labute approximate surface area is 319 Å². The van der Waals surface area contributed by atoms with Gasteiger partial charge in [-0.2, -0.15) is 0 Å². The molecular weight excluding hydrogens is 665 g/mol. The van der Waals surface area contributed by atoms with Crippen LogP contribution in [0.15, 0.2) is 107 Å². The predicted octanol–water partition coefficient (Wildman–Crippen LogP) is 10.8. The summed E-state index contributed by atoms with van der Waals surface area (Å²) in [5.41, 5.74) is 9.40. The summed E-state index contributed by atoms with van der Waals surface area (Å²) in [6.45, 7) is 13.2. The zero-order valence-corrected chi connectivity index (χ0v) is 32.5. The van der Waals surface area contributed by atoms with Crippen molar-refractivity contribution in [1.82, 2.24) is 9.97 Å². The molecule has 2 atom stereocenters. The highest BCUT2D eigenvalue weighted by Gasteiger charge is 2.25. The maximum absolute atomic E-state index is 11.6. The first-order valence-corrected chi connectivity index (χ1v) is 19.3. The van der Waals surface area contributed by atoms with Crippen LogP contribution in [0.3, 0.4) is 0 Å². The molecular formula is C48H52N4O2. The van der Waals surface area contributed by atoms with E-state index in [-0.39, 0.29) is 34.4 Å². The van der Waals surface area contributed by atoms with Gasteiger partial charge in [-0.3, -0.25) is 20.0 Å². The molecule has 0 spiro atoms. The zero-order valence-electron chi connectivity index (χ0n) is 32.5. The maximum Gasteiger partial charge on any atom is 0.127 e. The predicted molar refractivity (Wildman–Crippen MR) is 224 cm³/mol. The van der Waals surface area contributed by atoms with Crippen molar-refractivity contribution < 1.29 is 10.2 Å². The first-order chi connectivity index (χ1) is 25.8. The number of hydrogen-bond acceptors (Lipinski definition) is 6. The maximum atomic E-state index is 11.6. The molecule has 1 aliphatic rings. The summed E-state index contributed by atoms with van der Waals surface area (Å²) in [5.74, 6) is 0.532. The lowest BCUT2D eigenvalue weighted by Gasteiger charge is -2.26. The molecule has 276 valence electrons. The Morgan fingerprint density at radius 1 is 0.593 bits per heavy atom. The third-order valence-corrected chi connectivity index (χ3v) is 10.8. The molecule has 0 unspecified atom stereocenters. The van der Waals surface area contributed by atoms with Crippen molar-refractivity contribution in [3.63, 3.8) is 0 Å². The monoisotopic (exact) mass is 716 g/mol. The molecule has 1 fully saturated rings. The second-order valence-corrected chi connectivity index (χ2v) is 17.0. The number of phenols is 2. The molecule has 2 N–H and O–H groups in total. The van der Waals surface area contributed by atoms with Crippen molar-refractivity contribution >= 4 is 34.2 Å². The number of aromatic hydroxyl groups is 2. The van der Waals surface area contributed by atoms with Crippen molar-refractivity contribution in [1.29, 1.82) is 0 Å². The van der Waals surface area contributed by atoms with E-state index in [0.717, 1.165) is 92.0 Å². The molecule has 2 heterocycles. The number of aromatic nitrogens is 2. The quantitative estimate of drug-likeness (QED) is 0.153. The van der Waals surface area contributed by atoms with E-state index >= 15 is 0 Å². The smallest absolute Gasteiger partial charge is 0.127 e. The van der Waals surface area contributed by atoms with Crippen molar-refractivity contribution in [2.75, 3.05) is 0 Å². The molecule has 2 aromatic heterocycles. The Balaban J connectivity index is 1.17. The van der Waals surface area contributed by atoms with Crippen LogP contribution in [0.2, 0.25) is 0 Å². The van der Waals surface area contributed by atoms with Crippen LogP contribution < -0.4 is 0 Å². The molecule has 54 heavy (non-hydrogen) atoms. The Morgan fingerprint density at radius 2 is 1.02 bits per heavy atom. The number of phenolic OH excluding ortho intramolecular Hbond substituents is 2. The highest BCUT2D eigenvalue weighted by atomic mass is 16.3. The summed E-state index contributed by atoms with van der Waals surface area (Å²) < 4.78 is 0. The van der Waals surface area contributed by atoms with Crippen molar-refractivity contribution in [2.24, 2.45) is 9.98 Å². The molecule has 6 aromatic rings. The molecule has 6 nitrogen and oxygen atoms in total. The van der Waals surface area contributed by atoms with Crippen molar-refractivity contribution in [2.45, 2.75) is 103 Å². The lowest BCUT2D eigenvalue weighted by Crippen LogP contribution is -2.27. The van der Waals surface area contributed by atoms with Crippen LogP contribution in [0.5, 0.6) is 11.5 Å². The van der Waals surface area contributed by atoms with E-state index < -0.39 is 0 Å². The first-order valence-electron chi connectivity index (χ1n) is 19.3. The topological polar surface area (TPSA) is 91.0 Å². The van der Waals surface area contributed by atoms with Crippen LogP contribution in [0.1, 0.15) is 112 Å². The minimum absolute atomic E-state index is 0.0276. The third kappa shape index (κ3) is 8.38. The van der Waals surface area contributed by atoms with Gasteiger partial charge in [-0.15, -0.1) is 0 Å². The number of pyridine rings is 2. The largest absolute Gasteiger partial charge is 0.507 e. The van der Waals surface area contributed by atoms with Gasteiger partial charge in [-0.05, 0) is 93.5 Å². The van der Waals surface area contributed by atoms with E-state index in [0.29, 0.717) is 12.8 Å². The van der Waals surface area contributed by atoms with E-state index in [2.05, 4.69) is 124 Å². The summed E-state index contributed by atoms with van der Waals surface area (Å²) in [5, 5.41) is 25.5. The third-order valence-electron chi connectivity index (χ3n) is 10.8. The standard InChI is InChI=1S/C48H52N4O2/c1-47(2,3)39-25-35(21-31-15-17-33-11-9-19-49-43(33)23-31)45(53)37(27-39)29-51-41-13-7-8-14-42(41)52-30-38-28-40(48(4,5)6)26-36(46(38)54)22-32-16-18-34-12-10-20-50-44(34)24-32/h9-12,15-20,23-30,41-42,53-54H,7-8,13-14,21-22H2,1-6H3/t41-,42-/m1/s1. The fourth-order valence-electron chi connectivity index (χ4n) is 7.45. The minimum Gasteiger partial charge on any atom is -0.507 e. The summed E-state index contributed by atoms with van der Waals surface area (Å²) in [6.07, 6.45) is 12.6. The van der Waals surface area contributed by atoms with Gasteiger partial charge >= 0.3 is 0 Å². The average molecular weight is 717 g/mol. The van der Waals surface area contributed by atoms with Gasteiger partial charge in [-0.25, -0.2) is 0 Å². The first kappa shape index (κ1) is 37.0. The molecule has 1 saturated carbocycles.